The van der Waals surface area contributed by atoms with Crippen LogP contribution in [0.2, 0.25) is 0 Å². The Morgan fingerprint density at radius 3 is 2.26 bits per heavy atom. The van der Waals surface area contributed by atoms with E-state index in [9.17, 15) is 9.59 Å². The fraction of sp³-hybridized carbons (Fsp3) is 0.273. The maximum Gasteiger partial charge on any atom is 0.307 e. The molecule has 4 N–H and O–H groups in total. The molecule has 0 radical (unpaired) electrons. The molecule has 0 fully saturated rings. The Bertz CT molecular complexity index is 533. The highest BCUT2D eigenvalue weighted by Gasteiger charge is 2.24. The Labute approximate surface area is 150 Å². The molecule has 1 rings (SSSR count). The third-order valence-corrected chi connectivity index (χ3v) is 5.61. The Morgan fingerprint density at radius 1 is 1.21 bits per heavy atom. The normalized spacial score (nSPS) is 12.2. The first-order valence-corrected chi connectivity index (χ1v) is 8.34. The SMILES string of the molecule is Nc1c(I)cc(I)c(CC(CC(=O)O)C(=O)O)c1I. The zero-order valence-electron chi connectivity index (χ0n) is 9.49. The second-order valence-corrected chi connectivity index (χ2v) is 7.29. The topological polar surface area (TPSA) is 101 Å². The Balaban J connectivity index is 3.13. The van der Waals surface area contributed by atoms with Gasteiger partial charge in [-0.3, -0.25) is 9.59 Å². The van der Waals surface area contributed by atoms with Gasteiger partial charge in [-0.25, -0.2) is 0 Å². The van der Waals surface area contributed by atoms with Gasteiger partial charge in [0, 0.05) is 10.7 Å². The summed E-state index contributed by atoms with van der Waals surface area (Å²) in [6.07, 6.45) is -0.229. The molecule has 5 nitrogen and oxygen atoms in total. The zero-order chi connectivity index (χ0) is 14.7. The highest BCUT2D eigenvalue weighted by atomic mass is 127. The second-order valence-electron chi connectivity index (χ2n) is 3.88. The molecule has 0 bridgehead atoms. The zero-order valence-corrected chi connectivity index (χ0v) is 16.0. The number of carboxylic acid groups (broad SMARTS) is 2. The number of carboxylic acids is 2. The molecule has 8 heteroatoms. The van der Waals surface area contributed by atoms with E-state index >= 15 is 0 Å². The number of aliphatic carboxylic acids is 2. The van der Waals surface area contributed by atoms with E-state index in [2.05, 4.69) is 67.8 Å². The van der Waals surface area contributed by atoms with E-state index < -0.39 is 24.3 Å². The number of nitrogens with two attached hydrogens (primary N) is 1. The van der Waals surface area contributed by atoms with Gasteiger partial charge in [0.1, 0.15) is 0 Å². The molecule has 0 aliphatic heterocycles. The minimum atomic E-state index is -1.11. The van der Waals surface area contributed by atoms with Crippen LogP contribution in [0.3, 0.4) is 0 Å². The maximum absolute atomic E-state index is 11.1. The number of benzene rings is 1. The molecule has 0 amide bonds. The van der Waals surface area contributed by atoms with E-state index in [-0.39, 0.29) is 6.42 Å². The molecule has 1 unspecified atom stereocenters. The lowest BCUT2D eigenvalue weighted by atomic mass is 9.96. The number of nitrogen functional groups attached to an aromatic ring is 1. The third-order valence-electron chi connectivity index (χ3n) is 2.52. The predicted octanol–water partition coefficient (Wildman–Crippen LogP) is 2.80. The van der Waals surface area contributed by atoms with Crippen molar-refractivity contribution in [3.8, 4) is 0 Å². The minimum absolute atomic E-state index is 0.166. The van der Waals surface area contributed by atoms with Crippen molar-refractivity contribution >= 4 is 85.4 Å². The summed E-state index contributed by atoms with van der Waals surface area (Å²) in [5.74, 6) is -3.17. The van der Waals surface area contributed by atoms with Crippen LogP contribution >= 0.6 is 67.8 Å². The van der Waals surface area contributed by atoms with Crippen LogP contribution in [0.5, 0.6) is 0 Å². The van der Waals surface area contributed by atoms with Crippen molar-refractivity contribution in [1.82, 2.24) is 0 Å². The van der Waals surface area contributed by atoms with E-state index in [1.165, 1.54) is 0 Å². The third kappa shape index (κ3) is 4.58. The largest absolute Gasteiger partial charge is 0.481 e. The lowest BCUT2D eigenvalue weighted by molar-refractivity contribution is -0.148. The van der Waals surface area contributed by atoms with Crippen LogP contribution in [-0.4, -0.2) is 22.2 Å². The summed E-state index contributed by atoms with van der Waals surface area (Å²) in [6.45, 7) is 0. The van der Waals surface area contributed by atoms with Gasteiger partial charge in [0.25, 0.3) is 0 Å². The minimum Gasteiger partial charge on any atom is -0.481 e. The fourth-order valence-corrected chi connectivity index (χ4v) is 5.35. The molecule has 0 saturated heterocycles. The van der Waals surface area contributed by atoms with E-state index in [1.54, 1.807) is 0 Å². The van der Waals surface area contributed by atoms with Crippen molar-refractivity contribution in [2.45, 2.75) is 12.8 Å². The van der Waals surface area contributed by atoms with Crippen LogP contribution in [0.25, 0.3) is 0 Å². The van der Waals surface area contributed by atoms with E-state index in [0.717, 1.165) is 16.3 Å². The lowest BCUT2D eigenvalue weighted by Crippen LogP contribution is -2.21. The van der Waals surface area contributed by atoms with Crippen molar-refractivity contribution in [2.24, 2.45) is 5.92 Å². The number of anilines is 1. The standard InChI is InChI=1S/C11H10I3NO4/c12-6-3-7(13)10(15)9(14)5(6)1-4(11(18)19)2-8(16)17/h3-4H,1-2,15H2,(H,16,17)(H,18,19). The van der Waals surface area contributed by atoms with Gasteiger partial charge in [-0.05, 0) is 85.8 Å². The van der Waals surface area contributed by atoms with Crippen LogP contribution < -0.4 is 5.73 Å². The summed E-state index contributed by atoms with van der Waals surface area (Å²) in [7, 11) is 0. The molecule has 0 aliphatic carbocycles. The first-order chi connectivity index (χ1) is 8.73. The average molecular weight is 601 g/mol. The molecular formula is C11H10I3NO4. The Kier molecular flexibility index (Phi) is 6.56. The van der Waals surface area contributed by atoms with E-state index in [0.29, 0.717) is 5.69 Å². The van der Waals surface area contributed by atoms with Crippen LogP contribution in [0.15, 0.2) is 6.07 Å². The van der Waals surface area contributed by atoms with Gasteiger partial charge in [0.05, 0.1) is 18.0 Å². The van der Waals surface area contributed by atoms with Gasteiger partial charge < -0.3 is 15.9 Å². The summed E-state index contributed by atoms with van der Waals surface area (Å²) >= 11 is 6.30. The van der Waals surface area contributed by atoms with Crippen LogP contribution in [0, 0.1) is 16.6 Å². The van der Waals surface area contributed by atoms with Crippen molar-refractivity contribution < 1.29 is 19.8 Å². The van der Waals surface area contributed by atoms with Gasteiger partial charge in [0.2, 0.25) is 0 Å². The molecule has 1 aromatic carbocycles. The molecule has 0 aromatic heterocycles. The van der Waals surface area contributed by atoms with Crippen molar-refractivity contribution in [2.75, 3.05) is 5.73 Å². The molecule has 0 heterocycles. The fourth-order valence-electron chi connectivity index (χ4n) is 1.54. The molecule has 19 heavy (non-hydrogen) atoms. The molecule has 0 saturated carbocycles. The number of hydrogen-bond donors (Lipinski definition) is 3. The summed E-state index contributed by atoms with van der Waals surface area (Å²) in [5.41, 5.74) is 7.33. The van der Waals surface area contributed by atoms with Crippen LogP contribution in [0.4, 0.5) is 5.69 Å². The molecule has 1 aromatic rings. The van der Waals surface area contributed by atoms with Gasteiger partial charge in [-0.15, -0.1) is 0 Å². The van der Waals surface area contributed by atoms with Crippen molar-refractivity contribution in [3.05, 3.63) is 22.3 Å². The van der Waals surface area contributed by atoms with E-state index in [4.69, 9.17) is 15.9 Å². The summed E-state index contributed by atoms with van der Waals surface area (Å²) in [4.78, 5) is 21.8. The smallest absolute Gasteiger partial charge is 0.307 e. The van der Waals surface area contributed by atoms with Crippen molar-refractivity contribution in [3.63, 3.8) is 0 Å². The first kappa shape index (κ1) is 17.2. The summed E-state index contributed by atoms with van der Waals surface area (Å²) in [5, 5.41) is 17.8. The monoisotopic (exact) mass is 601 g/mol. The Morgan fingerprint density at radius 2 is 1.79 bits per heavy atom. The summed E-state index contributed by atoms with van der Waals surface area (Å²) in [6, 6.07) is 1.87. The first-order valence-electron chi connectivity index (χ1n) is 5.10. The van der Waals surface area contributed by atoms with Crippen molar-refractivity contribution in [1.29, 1.82) is 0 Å². The molecule has 104 valence electrons. The quantitative estimate of drug-likeness (QED) is 0.357. The molecule has 0 spiro atoms. The molecular weight excluding hydrogens is 591 g/mol. The van der Waals surface area contributed by atoms with Crippen LogP contribution in [-0.2, 0) is 16.0 Å². The van der Waals surface area contributed by atoms with Gasteiger partial charge in [-0.2, -0.15) is 0 Å². The lowest BCUT2D eigenvalue weighted by Gasteiger charge is -2.15. The number of halogens is 3. The number of hydrogen-bond acceptors (Lipinski definition) is 3. The second kappa shape index (κ2) is 7.24. The van der Waals surface area contributed by atoms with Gasteiger partial charge >= 0.3 is 11.9 Å². The maximum atomic E-state index is 11.1. The van der Waals surface area contributed by atoms with Gasteiger partial charge in [0.15, 0.2) is 0 Å². The molecule has 1 atom stereocenters. The van der Waals surface area contributed by atoms with E-state index in [1.807, 2.05) is 6.07 Å². The average Bonchev–Trinajstić information content (AvgIpc) is 2.29. The Hall–Kier alpha value is 0.150. The number of rotatable bonds is 5. The highest BCUT2D eigenvalue weighted by molar-refractivity contribution is 14.1. The van der Waals surface area contributed by atoms with Gasteiger partial charge in [-0.1, -0.05) is 0 Å². The highest BCUT2D eigenvalue weighted by Crippen LogP contribution is 2.31. The molecule has 0 aliphatic rings. The van der Waals surface area contributed by atoms with Crippen LogP contribution in [0.1, 0.15) is 12.0 Å². The number of carbonyl (C=O) groups is 2. The summed E-state index contributed by atoms with van der Waals surface area (Å²) < 4.78 is 2.60. The predicted molar refractivity (Wildman–Crippen MR) is 96.1 cm³/mol.